The molecule has 0 saturated heterocycles. The maximum Gasteiger partial charge on any atom is 0.325 e. The number of hydrogen-bond acceptors (Lipinski definition) is 4. The summed E-state index contributed by atoms with van der Waals surface area (Å²) in [5.74, 6) is -0.501. The van der Waals surface area contributed by atoms with Gasteiger partial charge in [0.05, 0.1) is 7.11 Å². The highest BCUT2D eigenvalue weighted by Gasteiger charge is 2.27. The summed E-state index contributed by atoms with van der Waals surface area (Å²) in [4.78, 5) is 11.4. The maximum absolute atomic E-state index is 11.4. The Morgan fingerprint density at radius 3 is 2.47 bits per heavy atom. The van der Waals surface area contributed by atoms with E-state index in [4.69, 9.17) is 22.1 Å². The molecule has 2 N–H and O–H groups in total. The van der Waals surface area contributed by atoms with Gasteiger partial charge in [-0.2, -0.15) is 0 Å². The van der Waals surface area contributed by atoms with Crippen LogP contribution in [0.4, 0.5) is 0 Å². The van der Waals surface area contributed by atoms with Gasteiger partial charge in [0.25, 0.3) is 0 Å². The molecule has 0 aliphatic heterocycles. The molecule has 1 rings (SSSR count). The molecular weight excluding hydrogens is 242 g/mol. The fourth-order valence-corrected chi connectivity index (χ4v) is 1.62. The number of carbonyl (C=O) groups excluding carboxylic acids is 1. The second kappa shape index (κ2) is 6.59. The van der Waals surface area contributed by atoms with Gasteiger partial charge in [0.1, 0.15) is 12.1 Å². The van der Waals surface area contributed by atoms with Gasteiger partial charge in [0, 0.05) is 11.6 Å². The Balaban J connectivity index is 2.92. The molecule has 2 unspecified atom stereocenters. The van der Waals surface area contributed by atoms with E-state index in [2.05, 4.69) is 4.74 Å². The van der Waals surface area contributed by atoms with E-state index in [0.29, 0.717) is 11.6 Å². The van der Waals surface area contributed by atoms with Crippen molar-refractivity contribution < 1.29 is 14.3 Å². The molecule has 0 radical (unpaired) electrons. The third-order valence-electron chi connectivity index (χ3n) is 2.34. The second-order valence-electron chi connectivity index (χ2n) is 3.48. The van der Waals surface area contributed by atoms with Crippen molar-refractivity contribution in [2.24, 2.45) is 5.73 Å². The van der Waals surface area contributed by atoms with Crippen molar-refractivity contribution >= 4 is 17.6 Å². The van der Waals surface area contributed by atoms with Gasteiger partial charge < -0.3 is 15.2 Å². The Morgan fingerprint density at radius 2 is 2.00 bits per heavy atom. The molecule has 1 aromatic carbocycles. The molecule has 0 heterocycles. The van der Waals surface area contributed by atoms with E-state index in [0.717, 1.165) is 5.56 Å². The number of nitrogens with two attached hydrogens (primary N) is 1. The van der Waals surface area contributed by atoms with Crippen LogP contribution in [0.1, 0.15) is 18.6 Å². The highest BCUT2D eigenvalue weighted by atomic mass is 35.5. The van der Waals surface area contributed by atoms with Crippen LogP contribution in [0.3, 0.4) is 0 Å². The summed E-state index contributed by atoms with van der Waals surface area (Å²) in [5, 5.41) is 0.621. The minimum absolute atomic E-state index is 0.456. The molecule has 0 fully saturated rings. The molecule has 0 aliphatic carbocycles. The van der Waals surface area contributed by atoms with Crippen LogP contribution in [0.15, 0.2) is 24.3 Å². The van der Waals surface area contributed by atoms with Gasteiger partial charge in [-0.3, -0.25) is 4.79 Å². The average Bonchev–Trinajstić information content (AvgIpc) is 2.35. The number of esters is 1. The molecule has 4 nitrogen and oxygen atoms in total. The van der Waals surface area contributed by atoms with E-state index in [9.17, 15) is 4.79 Å². The van der Waals surface area contributed by atoms with Crippen molar-refractivity contribution in [3.8, 4) is 0 Å². The van der Waals surface area contributed by atoms with Crippen molar-refractivity contribution in [2.45, 2.75) is 19.1 Å². The van der Waals surface area contributed by atoms with E-state index >= 15 is 0 Å². The van der Waals surface area contributed by atoms with Gasteiger partial charge in [0.2, 0.25) is 0 Å². The van der Waals surface area contributed by atoms with Crippen LogP contribution in [-0.4, -0.2) is 25.7 Å². The number of benzene rings is 1. The van der Waals surface area contributed by atoms with E-state index in [1.807, 2.05) is 6.92 Å². The maximum atomic E-state index is 11.4. The number of methoxy groups -OCH3 is 1. The average molecular weight is 258 g/mol. The van der Waals surface area contributed by atoms with Crippen molar-refractivity contribution in [2.75, 3.05) is 13.7 Å². The lowest BCUT2D eigenvalue weighted by Gasteiger charge is -2.22. The van der Waals surface area contributed by atoms with E-state index in [1.165, 1.54) is 7.11 Å². The van der Waals surface area contributed by atoms with Crippen LogP contribution in [0.25, 0.3) is 0 Å². The summed E-state index contributed by atoms with van der Waals surface area (Å²) in [6, 6.07) is 6.18. The van der Waals surface area contributed by atoms with Gasteiger partial charge in [-0.1, -0.05) is 23.7 Å². The van der Waals surface area contributed by atoms with Crippen LogP contribution in [0, 0.1) is 0 Å². The first-order valence-corrected chi connectivity index (χ1v) is 5.68. The summed E-state index contributed by atoms with van der Waals surface area (Å²) < 4.78 is 10.1. The van der Waals surface area contributed by atoms with Crippen LogP contribution in [0.2, 0.25) is 5.02 Å². The minimum Gasteiger partial charge on any atom is -0.468 e. The van der Waals surface area contributed by atoms with Crippen LogP contribution >= 0.6 is 11.6 Å². The quantitative estimate of drug-likeness (QED) is 0.819. The van der Waals surface area contributed by atoms with Crippen LogP contribution < -0.4 is 5.73 Å². The minimum atomic E-state index is -0.846. The Kier molecular flexibility index (Phi) is 5.41. The highest BCUT2D eigenvalue weighted by molar-refractivity contribution is 6.30. The fourth-order valence-electron chi connectivity index (χ4n) is 1.50. The molecule has 1 aromatic rings. The zero-order valence-electron chi connectivity index (χ0n) is 9.85. The van der Waals surface area contributed by atoms with Crippen molar-refractivity contribution in [1.82, 2.24) is 0 Å². The van der Waals surface area contributed by atoms with Gasteiger partial charge in [-0.15, -0.1) is 0 Å². The normalized spacial score (nSPS) is 14.1. The molecule has 0 aromatic heterocycles. The third kappa shape index (κ3) is 3.70. The van der Waals surface area contributed by atoms with E-state index < -0.39 is 18.1 Å². The number of hydrogen-bond donors (Lipinski definition) is 1. The van der Waals surface area contributed by atoms with Crippen LogP contribution in [0.5, 0.6) is 0 Å². The first-order valence-electron chi connectivity index (χ1n) is 5.30. The number of halogens is 1. The monoisotopic (exact) mass is 257 g/mol. The summed E-state index contributed by atoms with van der Waals surface area (Å²) in [5.41, 5.74) is 6.60. The van der Waals surface area contributed by atoms with Crippen molar-refractivity contribution in [3.63, 3.8) is 0 Å². The Bertz CT molecular complexity index is 367. The number of ether oxygens (including phenoxy) is 2. The van der Waals surface area contributed by atoms with Crippen molar-refractivity contribution in [1.29, 1.82) is 0 Å². The first-order chi connectivity index (χ1) is 8.10. The predicted octanol–water partition coefficient (Wildman–Crippen LogP) is 1.92. The second-order valence-corrected chi connectivity index (χ2v) is 3.91. The molecule has 2 atom stereocenters. The predicted molar refractivity (Wildman–Crippen MR) is 65.8 cm³/mol. The summed E-state index contributed by atoms with van der Waals surface area (Å²) in [6.45, 7) is 2.30. The topological polar surface area (TPSA) is 61.5 Å². The molecule has 0 aliphatic rings. The Morgan fingerprint density at radius 1 is 1.41 bits per heavy atom. The zero-order chi connectivity index (χ0) is 12.8. The van der Waals surface area contributed by atoms with E-state index in [1.54, 1.807) is 24.3 Å². The molecular formula is C12H16ClNO3. The number of carbonyl (C=O) groups is 1. The van der Waals surface area contributed by atoms with Gasteiger partial charge >= 0.3 is 5.97 Å². The third-order valence-corrected chi connectivity index (χ3v) is 2.60. The van der Waals surface area contributed by atoms with Gasteiger partial charge in [0.15, 0.2) is 0 Å². The van der Waals surface area contributed by atoms with Crippen molar-refractivity contribution in [3.05, 3.63) is 34.9 Å². The summed E-state index contributed by atoms with van der Waals surface area (Å²) in [6.07, 6.45) is -0.523. The Hall–Kier alpha value is -1.10. The highest BCUT2D eigenvalue weighted by Crippen LogP contribution is 2.22. The Labute approximate surface area is 106 Å². The first kappa shape index (κ1) is 14.0. The molecule has 0 bridgehead atoms. The number of rotatable bonds is 5. The lowest BCUT2D eigenvalue weighted by molar-refractivity contribution is -0.146. The lowest BCUT2D eigenvalue weighted by Crippen LogP contribution is -2.38. The molecule has 17 heavy (non-hydrogen) atoms. The standard InChI is InChI=1S/C12H16ClNO3/c1-3-17-11(10(14)12(15)16-2)8-4-6-9(13)7-5-8/h4-7,10-11H,3,14H2,1-2H3. The molecule has 94 valence electrons. The lowest BCUT2D eigenvalue weighted by atomic mass is 10.0. The summed E-state index contributed by atoms with van der Waals surface area (Å²) in [7, 11) is 1.30. The van der Waals surface area contributed by atoms with E-state index in [-0.39, 0.29) is 0 Å². The van der Waals surface area contributed by atoms with Gasteiger partial charge in [-0.05, 0) is 24.6 Å². The van der Waals surface area contributed by atoms with Gasteiger partial charge in [-0.25, -0.2) is 0 Å². The fraction of sp³-hybridized carbons (Fsp3) is 0.417. The molecule has 0 spiro atoms. The SMILES string of the molecule is CCOC(c1ccc(Cl)cc1)C(N)C(=O)OC. The molecule has 0 amide bonds. The summed E-state index contributed by atoms with van der Waals surface area (Å²) >= 11 is 5.80. The zero-order valence-corrected chi connectivity index (χ0v) is 10.6. The molecule has 0 saturated carbocycles. The largest absolute Gasteiger partial charge is 0.468 e. The van der Waals surface area contributed by atoms with Crippen LogP contribution in [-0.2, 0) is 14.3 Å². The molecule has 5 heteroatoms. The smallest absolute Gasteiger partial charge is 0.325 e.